The van der Waals surface area contributed by atoms with Gasteiger partial charge in [0.05, 0.1) is 29.5 Å². The molecule has 0 aliphatic carbocycles. The number of imidazole rings is 1. The fourth-order valence-electron chi connectivity index (χ4n) is 4.71. The second-order valence-corrected chi connectivity index (χ2v) is 11.1. The maximum atomic E-state index is 13.8. The third-order valence-corrected chi connectivity index (χ3v) is 6.61. The fourth-order valence-corrected chi connectivity index (χ4v) is 4.71. The van der Waals surface area contributed by atoms with E-state index in [0.29, 0.717) is 28.9 Å². The van der Waals surface area contributed by atoms with Crippen LogP contribution in [0.5, 0.6) is 0 Å². The molecule has 0 bridgehead atoms. The van der Waals surface area contributed by atoms with Crippen LogP contribution in [0.3, 0.4) is 0 Å². The van der Waals surface area contributed by atoms with E-state index in [-0.39, 0.29) is 18.4 Å². The van der Waals surface area contributed by atoms with E-state index in [1.807, 2.05) is 51.1 Å². The first kappa shape index (κ1) is 29.0. The number of rotatable bonds is 6. The van der Waals surface area contributed by atoms with E-state index in [1.165, 1.54) is 6.07 Å². The molecule has 0 spiro atoms. The standard InChI is InChI=1S/C31H30F3N5O3/c1-30(2,3)28-38-26(24-12-14-35-29(37-24)36-21-10-5-4-6-11-21)27(19-8-7-9-20(16-19)31(32,33)34)39(28)15-13-23-17-22(40)18-25(41)42-23/h4-16,22-23,40H,17-18H2,1-3H3,(H,35,36,37)/b15-13+/t22-,23-/m1/s1. The van der Waals surface area contributed by atoms with Gasteiger partial charge >= 0.3 is 12.1 Å². The summed E-state index contributed by atoms with van der Waals surface area (Å²) in [4.78, 5) is 25.8. The van der Waals surface area contributed by atoms with Gasteiger partial charge in [-0.3, -0.25) is 4.79 Å². The molecule has 1 aliphatic heterocycles. The summed E-state index contributed by atoms with van der Waals surface area (Å²) in [6, 6.07) is 16.0. The van der Waals surface area contributed by atoms with Crippen molar-refractivity contribution in [3.8, 4) is 22.6 Å². The van der Waals surface area contributed by atoms with Crippen LogP contribution in [0.1, 0.15) is 45.0 Å². The number of nitrogens with zero attached hydrogens (tertiary/aromatic N) is 4. The van der Waals surface area contributed by atoms with Gasteiger partial charge in [0.25, 0.3) is 0 Å². The van der Waals surface area contributed by atoms with Gasteiger partial charge in [0.2, 0.25) is 5.95 Å². The quantitative estimate of drug-likeness (QED) is 0.249. The second kappa shape index (κ2) is 11.4. The molecule has 2 aromatic carbocycles. The number of halogens is 3. The monoisotopic (exact) mass is 577 g/mol. The summed E-state index contributed by atoms with van der Waals surface area (Å²) in [6.45, 7) is 5.81. The summed E-state index contributed by atoms with van der Waals surface area (Å²) in [5.41, 5.74) is 0.786. The lowest BCUT2D eigenvalue weighted by Gasteiger charge is -2.24. The summed E-state index contributed by atoms with van der Waals surface area (Å²) in [5.74, 6) is 0.308. The molecule has 5 rings (SSSR count). The van der Waals surface area contributed by atoms with Crippen molar-refractivity contribution in [2.24, 2.45) is 0 Å². The third-order valence-electron chi connectivity index (χ3n) is 6.61. The molecule has 0 amide bonds. The zero-order chi connectivity index (χ0) is 30.1. The molecule has 0 radical (unpaired) electrons. The van der Waals surface area contributed by atoms with Crippen molar-refractivity contribution in [2.75, 3.05) is 5.32 Å². The summed E-state index contributed by atoms with van der Waals surface area (Å²) in [6.07, 6.45) is -1.21. The number of aliphatic hydroxyl groups is 1. The molecule has 1 saturated heterocycles. The van der Waals surface area contributed by atoms with Gasteiger partial charge in [-0.25, -0.2) is 15.0 Å². The van der Waals surface area contributed by atoms with Crippen LogP contribution in [-0.4, -0.2) is 42.8 Å². The molecule has 3 heterocycles. The Labute approximate surface area is 240 Å². The summed E-state index contributed by atoms with van der Waals surface area (Å²) in [7, 11) is 0. The highest BCUT2D eigenvalue weighted by Crippen LogP contribution is 2.39. The summed E-state index contributed by atoms with van der Waals surface area (Å²) >= 11 is 0. The predicted molar refractivity (Wildman–Crippen MR) is 153 cm³/mol. The number of para-hydroxylation sites is 1. The Morgan fingerprint density at radius 1 is 1.05 bits per heavy atom. The molecule has 2 N–H and O–H groups in total. The Morgan fingerprint density at radius 3 is 2.50 bits per heavy atom. The van der Waals surface area contributed by atoms with Crippen LogP contribution in [0.2, 0.25) is 0 Å². The Balaban J connectivity index is 1.69. The maximum absolute atomic E-state index is 13.8. The van der Waals surface area contributed by atoms with Crippen molar-refractivity contribution in [3.05, 3.63) is 84.3 Å². The van der Waals surface area contributed by atoms with Crippen LogP contribution >= 0.6 is 0 Å². The first-order chi connectivity index (χ1) is 19.9. The predicted octanol–water partition coefficient (Wildman–Crippen LogP) is 6.60. The van der Waals surface area contributed by atoms with Gasteiger partial charge in [0, 0.05) is 35.5 Å². The van der Waals surface area contributed by atoms with Crippen molar-refractivity contribution >= 4 is 23.8 Å². The Morgan fingerprint density at radius 2 is 1.81 bits per heavy atom. The number of aromatic nitrogens is 4. The molecule has 42 heavy (non-hydrogen) atoms. The molecule has 2 aromatic heterocycles. The molecule has 0 saturated carbocycles. The molecular formula is C31H30F3N5O3. The minimum Gasteiger partial charge on any atom is -0.458 e. The number of aliphatic hydroxyl groups excluding tert-OH is 1. The fraction of sp³-hybridized carbons (Fsp3) is 0.290. The average Bonchev–Trinajstić information content (AvgIpc) is 3.32. The highest BCUT2D eigenvalue weighted by Gasteiger charge is 2.33. The number of hydrogen-bond acceptors (Lipinski definition) is 7. The van der Waals surface area contributed by atoms with Gasteiger partial charge < -0.3 is 19.7 Å². The van der Waals surface area contributed by atoms with E-state index in [9.17, 15) is 23.1 Å². The first-order valence-corrected chi connectivity index (χ1v) is 13.4. The van der Waals surface area contributed by atoms with Crippen LogP contribution in [0.4, 0.5) is 24.8 Å². The molecule has 2 atom stereocenters. The van der Waals surface area contributed by atoms with Crippen LogP contribution in [0, 0.1) is 0 Å². The van der Waals surface area contributed by atoms with Gasteiger partial charge in [0.1, 0.15) is 17.6 Å². The van der Waals surface area contributed by atoms with Crippen molar-refractivity contribution in [2.45, 2.75) is 57.4 Å². The molecule has 8 nitrogen and oxygen atoms in total. The lowest BCUT2D eigenvalue weighted by molar-refractivity contribution is -0.156. The maximum Gasteiger partial charge on any atom is 0.416 e. The van der Waals surface area contributed by atoms with E-state index in [2.05, 4.69) is 15.3 Å². The van der Waals surface area contributed by atoms with E-state index in [1.54, 1.807) is 35.2 Å². The number of esters is 1. The van der Waals surface area contributed by atoms with Crippen molar-refractivity contribution in [1.82, 2.24) is 19.5 Å². The smallest absolute Gasteiger partial charge is 0.416 e. The molecule has 1 aliphatic rings. The largest absolute Gasteiger partial charge is 0.458 e. The van der Waals surface area contributed by atoms with Crippen molar-refractivity contribution in [1.29, 1.82) is 0 Å². The van der Waals surface area contributed by atoms with E-state index < -0.39 is 35.3 Å². The van der Waals surface area contributed by atoms with Crippen LogP contribution in [0.15, 0.2) is 72.9 Å². The lowest BCUT2D eigenvalue weighted by Crippen LogP contribution is -2.31. The highest BCUT2D eigenvalue weighted by molar-refractivity contribution is 5.80. The molecular weight excluding hydrogens is 547 g/mol. The van der Waals surface area contributed by atoms with E-state index in [4.69, 9.17) is 9.72 Å². The zero-order valence-corrected chi connectivity index (χ0v) is 23.3. The molecule has 4 aromatic rings. The minimum atomic E-state index is -4.56. The first-order valence-electron chi connectivity index (χ1n) is 13.4. The van der Waals surface area contributed by atoms with Gasteiger partial charge in [-0.1, -0.05) is 51.1 Å². The molecule has 0 unspecified atom stereocenters. The number of anilines is 2. The SMILES string of the molecule is CC(C)(C)c1nc(-c2ccnc(Nc3ccccc3)n2)c(-c2cccc(C(F)(F)F)c2)n1/C=C/[C@@H]1C[C@@H](O)CC(=O)O1. The van der Waals surface area contributed by atoms with Gasteiger partial charge in [-0.2, -0.15) is 13.2 Å². The van der Waals surface area contributed by atoms with Crippen molar-refractivity contribution in [3.63, 3.8) is 0 Å². The number of alkyl halides is 3. The number of nitrogens with one attached hydrogen (secondary N) is 1. The van der Waals surface area contributed by atoms with E-state index >= 15 is 0 Å². The minimum absolute atomic E-state index is 0.0879. The third kappa shape index (κ3) is 6.52. The van der Waals surface area contributed by atoms with Crippen LogP contribution < -0.4 is 5.32 Å². The van der Waals surface area contributed by atoms with Gasteiger partial charge in [-0.05, 0) is 36.4 Å². The normalized spacial score (nSPS) is 17.8. The summed E-state index contributed by atoms with van der Waals surface area (Å²) < 4.78 is 48.4. The van der Waals surface area contributed by atoms with E-state index in [0.717, 1.165) is 17.8 Å². The summed E-state index contributed by atoms with van der Waals surface area (Å²) in [5, 5.41) is 13.2. The lowest BCUT2D eigenvalue weighted by atomic mass is 9.95. The number of ether oxygens (including phenoxy) is 1. The Kier molecular flexibility index (Phi) is 7.87. The molecule has 11 heteroatoms. The van der Waals surface area contributed by atoms with Gasteiger partial charge in [0.15, 0.2) is 0 Å². The number of carbonyl (C=O) groups is 1. The Bertz CT molecular complexity index is 1610. The second-order valence-electron chi connectivity index (χ2n) is 11.1. The number of benzene rings is 2. The number of cyclic esters (lactones) is 1. The van der Waals surface area contributed by atoms with Gasteiger partial charge in [-0.15, -0.1) is 0 Å². The Hall–Kier alpha value is -4.51. The highest BCUT2D eigenvalue weighted by atomic mass is 19.4. The average molecular weight is 578 g/mol. The van der Waals surface area contributed by atoms with Crippen molar-refractivity contribution < 1.29 is 27.8 Å². The number of carbonyl (C=O) groups excluding carboxylic acids is 1. The molecule has 1 fully saturated rings. The zero-order valence-electron chi connectivity index (χ0n) is 23.3. The topological polar surface area (TPSA) is 102 Å². The van der Waals surface area contributed by atoms with Crippen LogP contribution in [-0.2, 0) is 21.1 Å². The molecule has 218 valence electrons. The van der Waals surface area contributed by atoms with Crippen LogP contribution in [0.25, 0.3) is 28.8 Å². The number of hydrogen-bond donors (Lipinski definition) is 2.